The van der Waals surface area contributed by atoms with Crippen molar-refractivity contribution < 1.29 is 4.39 Å². The molecule has 1 aromatic heterocycles. The van der Waals surface area contributed by atoms with Crippen LogP contribution in [0.5, 0.6) is 0 Å². The van der Waals surface area contributed by atoms with Gasteiger partial charge < -0.3 is 10.3 Å². The van der Waals surface area contributed by atoms with E-state index in [2.05, 4.69) is 0 Å². The number of rotatable bonds is 1. The lowest BCUT2D eigenvalue weighted by Crippen LogP contribution is -1.97. The first-order chi connectivity index (χ1) is 6.59. The van der Waals surface area contributed by atoms with Gasteiger partial charge in [0.1, 0.15) is 5.82 Å². The van der Waals surface area contributed by atoms with Crippen LogP contribution in [0.15, 0.2) is 24.4 Å². The average molecular weight is 192 g/mol. The van der Waals surface area contributed by atoms with E-state index in [0.29, 0.717) is 11.1 Å². The van der Waals surface area contributed by atoms with Gasteiger partial charge in [0.25, 0.3) is 0 Å². The molecule has 0 fully saturated rings. The molecule has 3 heteroatoms. The summed E-state index contributed by atoms with van der Waals surface area (Å²) in [4.78, 5) is 0. The minimum absolute atomic E-state index is 0.207. The SMILES string of the molecule is CC(C)n1cc(F)c2cc(N)ccc21. The number of nitrogens with two attached hydrogens (primary N) is 1. The van der Waals surface area contributed by atoms with Crippen LogP contribution < -0.4 is 5.73 Å². The molecule has 1 aromatic carbocycles. The van der Waals surface area contributed by atoms with Gasteiger partial charge in [0.2, 0.25) is 0 Å². The monoisotopic (exact) mass is 192 g/mol. The van der Waals surface area contributed by atoms with Gasteiger partial charge in [0.05, 0.1) is 5.52 Å². The van der Waals surface area contributed by atoms with Gasteiger partial charge in [-0.05, 0) is 32.0 Å². The Morgan fingerprint density at radius 2 is 2.07 bits per heavy atom. The third kappa shape index (κ3) is 1.25. The quantitative estimate of drug-likeness (QED) is 0.692. The van der Waals surface area contributed by atoms with Crippen molar-refractivity contribution in [1.29, 1.82) is 0 Å². The first-order valence-electron chi connectivity index (χ1n) is 4.65. The Labute approximate surface area is 82.1 Å². The highest BCUT2D eigenvalue weighted by Crippen LogP contribution is 2.25. The maximum Gasteiger partial charge on any atom is 0.148 e. The number of hydrogen-bond acceptors (Lipinski definition) is 1. The summed E-state index contributed by atoms with van der Waals surface area (Å²) in [5, 5.41) is 0.596. The van der Waals surface area contributed by atoms with E-state index < -0.39 is 0 Å². The van der Waals surface area contributed by atoms with E-state index >= 15 is 0 Å². The van der Waals surface area contributed by atoms with Crippen LogP contribution in [0.25, 0.3) is 10.9 Å². The van der Waals surface area contributed by atoms with Crippen molar-refractivity contribution in [2.75, 3.05) is 5.73 Å². The summed E-state index contributed by atoms with van der Waals surface area (Å²) in [6.45, 7) is 4.05. The molecular formula is C11H13FN2. The normalized spacial score (nSPS) is 11.4. The molecule has 0 amide bonds. The van der Waals surface area contributed by atoms with Crippen LogP contribution in [0.1, 0.15) is 19.9 Å². The van der Waals surface area contributed by atoms with Crippen molar-refractivity contribution in [1.82, 2.24) is 4.57 Å². The molecule has 2 aromatic rings. The number of nitrogen functional groups attached to an aromatic ring is 1. The van der Waals surface area contributed by atoms with Crippen LogP contribution in [-0.2, 0) is 0 Å². The predicted octanol–water partition coefficient (Wildman–Crippen LogP) is 2.94. The zero-order valence-electron chi connectivity index (χ0n) is 8.29. The highest BCUT2D eigenvalue weighted by molar-refractivity contribution is 5.84. The molecule has 0 unspecified atom stereocenters. The number of fused-ring (bicyclic) bond motifs is 1. The summed E-state index contributed by atoms with van der Waals surface area (Å²) in [5.41, 5.74) is 7.09. The lowest BCUT2D eigenvalue weighted by atomic mass is 10.2. The standard InChI is InChI=1S/C11H13FN2/c1-7(2)14-6-10(12)9-5-8(13)3-4-11(9)14/h3-7H,13H2,1-2H3. The van der Waals surface area contributed by atoms with Crippen LogP contribution in [-0.4, -0.2) is 4.57 Å². The van der Waals surface area contributed by atoms with E-state index in [-0.39, 0.29) is 11.9 Å². The molecule has 0 spiro atoms. The van der Waals surface area contributed by atoms with Crippen molar-refractivity contribution in [2.45, 2.75) is 19.9 Å². The molecule has 0 bridgehead atoms. The van der Waals surface area contributed by atoms with Gasteiger partial charge in [-0.3, -0.25) is 0 Å². The van der Waals surface area contributed by atoms with E-state index in [1.807, 2.05) is 24.5 Å². The first-order valence-corrected chi connectivity index (χ1v) is 4.65. The minimum Gasteiger partial charge on any atom is -0.399 e. The smallest absolute Gasteiger partial charge is 0.148 e. The summed E-state index contributed by atoms with van der Waals surface area (Å²) in [5.74, 6) is -0.207. The van der Waals surface area contributed by atoms with E-state index in [1.54, 1.807) is 12.1 Å². The van der Waals surface area contributed by atoms with Crippen molar-refractivity contribution in [3.8, 4) is 0 Å². The van der Waals surface area contributed by atoms with Crippen LogP contribution in [0.4, 0.5) is 10.1 Å². The van der Waals surface area contributed by atoms with E-state index in [1.165, 1.54) is 6.20 Å². The van der Waals surface area contributed by atoms with Crippen LogP contribution in [0.3, 0.4) is 0 Å². The number of halogens is 1. The van der Waals surface area contributed by atoms with Gasteiger partial charge in [-0.15, -0.1) is 0 Å². The number of hydrogen-bond donors (Lipinski definition) is 1. The topological polar surface area (TPSA) is 30.9 Å². The lowest BCUT2D eigenvalue weighted by molar-refractivity contribution is 0.587. The molecule has 0 aliphatic heterocycles. The molecule has 0 aliphatic carbocycles. The Hall–Kier alpha value is -1.51. The zero-order valence-corrected chi connectivity index (χ0v) is 8.29. The van der Waals surface area contributed by atoms with Gasteiger partial charge in [0.15, 0.2) is 0 Å². The Bertz CT molecular complexity index is 471. The predicted molar refractivity (Wildman–Crippen MR) is 56.7 cm³/mol. The molecule has 1 heterocycles. The van der Waals surface area contributed by atoms with Crippen LogP contribution in [0, 0.1) is 5.82 Å². The third-order valence-corrected chi connectivity index (χ3v) is 2.36. The summed E-state index contributed by atoms with van der Waals surface area (Å²) >= 11 is 0. The Morgan fingerprint density at radius 3 is 2.71 bits per heavy atom. The van der Waals surface area contributed by atoms with Gasteiger partial charge in [-0.1, -0.05) is 0 Å². The molecule has 74 valence electrons. The van der Waals surface area contributed by atoms with Gasteiger partial charge in [-0.2, -0.15) is 0 Å². The van der Waals surface area contributed by atoms with Crippen LogP contribution in [0.2, 0.25) is 0 Å². The molecule has 0 saturated heterocycles. The molecule has 0 aliphatic rings. The van der Waals surface area contributed by atoms with E-state index in [0.717, 1.165) is 5.52 Å². The van der Waals surface area contributed by atoms with E-state index in [4.69, 9.17) is 5.73 Å². The van der Waals surface area contributed by atoms with Crippen molar-refractivity contribution in [3.05, 3.63) is 30.2 Å². The van der Waals surface area contributed by atoms with Gasteiger partial charge >= 0.3 is 0 Å². The Kier molecular flexibility index (Phi) is 1.95. The van der Waals surface area contributed by atoms with Crippen molar-refractivity contribution in [2.24, 2.45) is 0 Å². The maximum absolute atomic E-state index is 13.5. The Morgan fingerprint density at radius 1 is 1.36 bits per heavy atom. The second-order valence-electron chi connectivity index (χ2n) is 3.75. The fraction of sp³-hybridized carbons (Fsp3) is 0.273. The second-order valence-corrected chi connectivity index (χ2v) is 3.75. The lowest BCUT2D eigenvalue weighted by Gasteiger charge is -2.08. The molecule has 2 rings (SSSR count). The molecule has 0 atom stereocenters. The first kappa shape index (κ1) is 9.06. The number of benzene rings is 1. The van der Waals surface area contributed by atoms with Gasteiger partial charge in [0, 0.05) is 23.3 Å². The molecule has 0 saturated carbocycles. The second kappa shape index (κ2) is 3.01. The highest BCUT2D eigenvalue weighted by atomic mass is 19.1. The maximum atomic E-state index is 13.5. The van der Waals surface area contributed by atoms with E-state index in [9.17, 15) is 4.39 Å². The molecule has 14 heavy (non-hydrogen) atoms. The Balaban J connectivity index is 2.77. The number of nitrogens with zero attached hydrogens (tertiary/aromatic N) is 1. The summed E-state index contributed by atoms with van der Waals surface area (Å²) in [6, 6.07) is 5.57. The van der Waals surface area contributed by atoms with Crippen molar-refractivity contribution >= 4 is 16.6 Å². The summed E-state index contributed by atoms with van der Waals surface area (Å²) in [6.07, 6.45) is 1.52. The molecule has 0 radical (unpaired) electrons. The number of aromatic nitrogens is 1. The number of anilines is 1. The molecule has 2 N–H and O–H groups in total. The fourth-order valence-electron chi connectivity index (χ4n) is 1.66. The third-order valence-electron chi connectivity index (χ3n) is 2.36. The molecule has 2 nitrogen and oxygen atoms in total. The average Bonchev–Trinajstić information content (AvgIpc) is 2.44. The largest absolute Gasteiger partial charge is 0.399 e. The van der Waals surface area contributed by atoms with Crippen molar-refractivity contribution in [3.63, 3.8) is 0 Å². The molecular weight excluding hydrogens is 179 g/mol. The zero-order chi connectivity index (χ0) is 10.3. The van der Waals surface area contributed by atoms with Crippen LogP contribution >= 0.6 is 0 Å². The summed E-state index contributed by atoms with van der Waals surface area (Å²) in [7, 11) is 0. The minimum atomic E-state index is -0.207. The van der Waals surface area contributed by atoms with Gasteiger partial charge in [-0.25, -0.2) is 4.39 Å². The highest BCUT2D eigenvalue weighted by Gasteiger charge is 2.09. The fourth-order valence-corrected chi connectivity index (χ4v) is 1.66. The summed E-state index contributed by atoms with van der Waals surface area (Å²) < 4.78 is 15.4.